The highest BCUT2D eigenvalue weighted by Crippen LogP contribution is 2.16. The lowest BCUT2D eigenvalue weighted by Crippen LogP contribution is -2.45. The number of aliphatic carboxylic acids is 1. The molecule has 0 saturated carbocycles. The van der Waals surface area contributed by atoms with Gasteiger partial charge < -0.3 is 10.4 Å². The van der Waals surface area contributed by atoms with Gasteiger partial charge in [0.05, 0.1) is 11.9 Å². The Morgan fingerprint density at radius 3 is 2.69 bits per heavy atom. The first-order valence-corrected chi connectivity index (χ1v) is 3.80. The molecule has 1 heterocycles. The maximum Gasteiger partial charge on any atom is 0.329 e. The molecule has 70 valence electrons. The number of hydrogen-bond donors (Lipinski definition) is 2. The standard InChI is InChI=1S/C8H11N3O2/c1-8(9-2,7(12)13)6-5-10-3-4-11-6/h3-5,9H,1-2H3,(H,12,13). The van der Waals surface area contributed by atoms with Crippen molar-refractivity contribution in [2.75, 3.05) is 7.05 Å². The molecule has 0 bridgehead atoms. The average Bonchev–Trinajstić information content (AvgIpc) is 2.17. The van der Waals surface area contributed by atoms with Crippen LogP contribution in [0.15, 0.2) is 18.6 Å². The van der Waals surface area contributed by atoms with Crippen molar-refractivity contribution in [2.24, 2.45) is 0 Å². The van der Waals surface area contributed by atoms with Crippen LogP contribution in [0.1, 0.15) is 12.6 Å². The van der Waals surface area contributed by atoms with E-state index in [0.717, 1.165) is 0 Å². The normalized spacial score (nSPS) is 14.9. The second-order valence-electron chi connectivity index (χ2n) is 2.77. The summed E-state index contributed by atoms with van der Waals surface area (Å²) in [6.07, 6.45) is 4.40. The van der Waals surface area contributed by atoms with Gasteiger partial charge in [0.25, 0.3) is 0 Å². The van der Waals surface area contributed by atoms with Gasteiger partial charge in [0, 0.05) is 12.4 Å². The van der Waals surface area contributed by atoms with Crippen LogP contribution in [0, 0.1) is 0 Å². The first-order valence-electron chi connectivity index (χ1n) is 3.80. The molecule has 0 radical (unpaired) electrons. The molecule has 0 fully saturated rings. The van der Waals surface area contributed by atoms with Gasteiger partial charge in [-0.15, -0.1) is 0 Å². The Hall–Kier alpha value is -1.49. The fraction of sp³-hybridized carbons (Fsp3) is 0.375. The van der Waals surface area contributed by atoms with E-state index in [1.165, 1.54) is 18.6 Å². The lowest BCUT2D eigenvalue weighted by molar-refractivity contribution is -0.144. The fourth-order valence-electron chi connectivity index (χ4n) is 0.902. The third kappa shape index (κ3) is 1.65. The number of aromatic nitrogens is 2. The molecule has 1 rings (SSSR count). The SMILES string of the molecule is CNC(C)(C(=O)O)c1cnccn1. The Morgan fingerprint density at radius 1 is 1.62 bits per heavy atom. The molecule has 1 aromatic heterocycles. The van der Waals surface area contributed by atoms with Crippen molar-refractivity contribution < 1.29 is 9.90 Å². The number of nitrogens with one attached hydrogen (secondary N) is 1. The topological polar surface area (TPSA) is 75.1 Å². The fourth-order valence-corrected chi connectivity index (χ4v) is 0.902. The molecule has 2 N–H and O–H groups in total. The summed E-state index contributed by atoms with van der Waals surface area (Å²) in [7, 11) is 1.57. The number of hydrogen-bond acceptors (Lipinski definition) is 4. The summed E-state index contributed by atoms with van der Waals surface area (Å²) in [5, 5.41) is 11.6. The maximum atomic E-state index is 10.9. The van der Waals surface area contributed by atoms with Crippen LogP contribution in [0.3, 0.4) is 0 Å². The van der Waals surface area contributed by atoms with Crippen molar-refractivity contribution in [3.05, 3.63) is 24.3 Å². The molecule has 1 atom stereocenters. The number of likely N-dealkylation sites (N-methyl/N-ethyl adjacent to an activating group) is 1. The van der Waals surface area contributed by atoms with E-state index in [-0.39, 0.29) is 0 Å². The van der Waals surface area contributed by atoms with E-state index in [1.807, 2.05) is 0 Å². The highest BCUT2D eigenvalue weighted by Gasteiger charge is 2.34. The van der Waals surface area contributed by atoms with E-state index in [9.17, 15) is 4.79 Å². The van der Waals surface area contributed by atoms with Crippen LogP contribution in [0.25, 0.3) is 0 Å². The summed E-state index contributed by atoms with van der Waals surface area (Å²) in [4.78, 5) is 18.7. The minimum atomic E-state index is -1.17. The van der Waals surface area contributed by atoms with Crippen molar-refractivity contribution in [1.29, 1.82) is 0 Å². The monoisotopic (exact) mass is 181 g/mol. The highest BCUT2D eigenvalue weighted by molar-refractivity contribution is 5.79. The highest BCUT2D eigenvalue weighted by atomic mass is 16.4. The third-order valence-corrected chi connectivity index (χ3v) is 2.00. The lowest BCUT2D eigenvalue weighted by Gasteiger charge is -2.22. The molecule has 0 aliphatic carbocycles. The molecule has 0 aromatic carbocycles. The van der Waals surface area contributed by atoms with Gasteiger partial charge in [-0.1, -0.05) is 0 Å². The predicted octanol–water partition coefficient (Wildman–Crippen LogP) is -0.00420. The largest absolute Gasteiger partial charge is 0.480 e. The molecule has 0 saturated heterocycles. The molecule has 0 aliphatic rings. The summed E-state index contributed by atoms with van der Waals surface area (Å²) in [6, 6.07) is 0. The molecule has 13 heavy (non-hydrogen) atoms. The van der Waals surface area contributed by atoms with Crippen molar-refractivity contribution in [3.8, 4) is 0 Å². The number of rotatable bonds is 3. The molecular formula is C8H11N3O2. The van der Waals surface area contributed by atoms with Gasteiger partial charge >= 0.3 is 5.97 Å². The van der Waals surface area contributed by atoms with Gasteiger partial charge in [0.1, 0.15) is 0 Å². The van der Waals surface area contributed by atoms with Gasteiger partial charge in [-0.2, -0.15) is 0 Å². The van der Waals surface area contributed by atoms with Crippen LogP contribution in [-0.4, -0.2) is 28.1 Å². The Morgan fingerprint density at radius 2 is 2.31 bits per heavy atom. The summed E-state index contributed by atoms with van der Waals surface area (Å²) in [5.41, 5.74) is -0.779. The van der Waals surface area contributed by atoms with E-state index >= 15 is 0 Å². The number of carboxylic acids is 1. The summed E-state index contributed by atoms with van der Waals surface area (Å²) in [6.45, 7) is 1.54. The molecule has 0 aliphatic heterocycles. The van der Waals surface area contributed by atoms with E-state index in [4.69, 9.17) is 5.11 Å². The Balaban J connectivity index is 3.11. The van der Waals surface area contributed by atoms with E-state index in [0.29, 0.717) is 5.69 Å². The molecule has 5 nitrogen and oxygen atoms in total. The molecule has 1 unspecified atom stereocenters. The van der Waals surface area contributed by atoms with E-state index in [1.54, 1.807) is 14.0 Å². The molecule has 1 aromatic rings. The van der Waals surface area contributed by atoms with Crippen molar-refractivity contribution in [2.45, 2.75) is 12.5 Å². The van der Waals surface area contributed by atoms with Crippen molar-refractivity contribution in [3.63, 3.8) is 0 Å². The Bertz CT molecular complexity index is 302. The van der Waals surface area contributed by atoms with Crippen LogP contribution >= 0.6 is 0 Å². The van der Waals surface area contributed by atoms with Crippen molar-refractivity contribution in [1.82, 2.24) is 15.3 Å². The van der Waals surface area contributed by atoms with Crippen LogP contribution in [-0.2, 0) is 10.3 Å². The zero-order valence-electron chi connectivity index (χ0n) is 7.48. The summed E-state index contributed by atoms with van der Waals surface area (Å²) in [5.74, 6) is -0.976. The van der Waals surface area contributed by atoms with Gasteiger partial charge in [-0.25, -0.2) is 4.79 Å². The second-order valence-corrected chi connectivity index (χ2v) is 2.77. The van der Waals surface area contributed by atoms with Gasteiger partial charge in [0.2, 0.25) is 0 Å². The van der Waals surface area contributed by atoms with Crippen LogP contribution in [0.2, 0.25) is 0 Å². The second kappa shape index (κ2) is 3.49. The molecule has 0 amide bonds. The van der Waals surface area contributed by atoms with Gasteiger partial charge in [0.15, 0.2) is 5.54 Å². The van der Waals surface area contributed by atoms with Crippen LogP contribution in [0.5, 0.6) is 0 Å². The number of carbonyl (C=O) groups is 1. The average molecular weight is 181 g/mol. The Labute approximate surface area is 75.8 Å². The number of carboxylic acid groups (broad SMARTS) is 1. The minimum absolute atomic E-state index is 0.394. The molecular weight excluding hydrogens is 170 g/mol. The first-order chi connectivity index (χ1) is 6.11. The third-order valence-electron chi connectivity index (χ3n) is 2.00. The molecule has 0 spiro atoms. The van der Waals surface area contributed by atoms with Gasteiger partial charge in [-0.3, -0.25) is 9.97 Å². The van der Waals surface area contributed by atoms with Crippen LogP contribution in [0.4, 0.5) is 0 Å². The minimum Gasteiger partial charge on any atom is -0.480 e. The lowest BCUT2D eigenvalue weighted by atomic mass is 9.99. The summed E-state index contributed by atoms with van der Waals surface area (Å²) >= 11 is 0. The van der Waals surface area contributed by atoms with E-state index < -0.39 is 11.5 Å². The summed E-state index contributed by atoms with van der Waals surface area (Å²) < 4.78 is 0. The quantitative estimate of drug-likeness (QED) is 0.686. The predicted molar refractivity (Wildman–Crippen MR) is 46.1 cm³/mol. The maximum absolute atomic E-state index is 10.9. The first kappa shape index (κ1) is 9.60. The smallest absolute Gasteiger partial charge is 0.329 e. The van der Waals surface area contributed by atoms with Gasteiger partial charge in [-0.05, 0) is 14.0 Å². The van der Waals surface area contributed by atoms with E-state index in [2.05, 4.69) is 15.3 Å². The van der Waals surface area contributed by atoms with Crippen LogP contribution < -0.4 is 5.32 Å². The van der Waals surface area contributed by atoms with Crippen molar-refractivity contribution >= 4 is 5.97 Å². The Kier molecular flexibility index (Phi) is 2.57. The molecule has 5 heteroatoms. The zero-order chi connectivity index (χ0) is 9.90. The number of nitrogens with zero attached hydrogens (tertiary/aromatic N) is 2. The zero-order valence-corrected chi connectivity index (χ0v) is 7.48.